The smallest absolute Gasteiger partial charge is 0.325 e. The van der Waals surface area contributed by atoms with E-state index in [1.54, 1.807) is 12.1 Å². The fourth-order valence-corrected chi connectivity index (χ4v) is 1.67. The number of aryl methyl sites for hydroxylation is 1. The third-order valence-electron chi connectivity index (χ3n) is 2.58. The Labute approximate surface area is 118 Å². The van der Waals surface area contributed by atoms with E-state index in [4.69, 9.17) is 5.11 Å². The summed E-state index contributed by atoms with van der Waals surface area (Å²) in [5.74, 6) is 4.53. The third kappa shape index (κ3) is 4.41. The molecule has 0 aliphatic rings. The second-order valence-electron chi connectivity index (χ2n) is 4.28. The summed E-state index contributed by atoms with van der Waals surface area (Å²) in [5.41, 5.74) is 1.97. The lowest BCUT2D eigenvalue weighted by atomic mass is 10.1. The molecular weight excluding hydrogens is 258 g/mol. The molecular formula is C15H17NO4. The van der Waals surface area contributed by atoms with Crippen LogP contribution in [0.4, 0.5) is 0 Å². The molecule has 0 heterocycles. The van der Waals surface area contributed by atoms with Crippen molar-refractivity contribution in [2.75, 3.05) is 27.3 Å². The minimum absolute atomic E-state index is 0.110. The van der Waals surface area contributed by atoms with E-state index in [1.807, 2.05) is 13.0 Å². The Kier molecular flexibility index (Phi) is 5.75. The van der Waals surface area contributed by atoms with Gasteiger partial charge in [0.1, 0.15) is 13.2 Å². The van der Waals surface area contributed by atoms with Gasteiger partial charge in [0.15, 0.2) is 0 Å². The van der Waals surface area contributed by atoms with E-state index < -0.39 is 5.97 Å². The number of carbonyl (C=O) groups excluding carboxylic acids is 2. The predicted octanol–water partition coefficient (Wildman–Crippen LogP) is 0.584. The summed E-state index contributed by atoms with van der Waals surface area (Å²) in [6.45, 7) is 1.50. The largest absolute Gasteiger partial charge is 0.468 e. The highest BCUT2D eigenvalue weighted by Gasteiger charge is 2.15. The monoisotopic (exact) mass is 275 g/mol. The van der Waals surface area contributed by atoms with E-state index in [-0.39, 0.29) is 19.1 Å². The van der Waals surface area contributed by atoms with Gasteiger partial charge < -0.3 is 14.7 Å². The van der Waals surface area contributed by atoms with E-state index in [0.29, 0.717) is 11.1 Å². The molecule has 106 valence electrons. The number of aliphatic hydroxyl groups excluding tert-OH is 1. The molecule has 0 spiro atoms. The zero-order valence-corrected chi connectivity index (χ0v) is 11.8. The van der Waals surface area contributed by atoms with Crippen LogP contribution in [0.1, 0.15) is 21.5 Å². The van der Waals surface area contributed by atoms with Crippen LogP contribution in [0.15, 0.2) is 18.2 Å². The van der Waals surface area contributed by atoms with Gasteiger partial charge in [-0.2, -0.15) is 0 Å². The molecule has 1 N–H and O–H groups in total. The number of methoxy groups -OCH3 is 1. The number of esters is 1. The van der Waals surface area contributed by atoms with Crippen LogP contribution < -0.4 is 0 Å². The Bertz CT molecular complexity index is 569. The fourth-order valence-electron chi connectivity index (χ4n) is 1.67. The zero-order chi connectivity index (χ0) is 15.1. The molecule has 0 bridgehead atoms. The minimum atomic E-state index is -0.478. The fraction of sp³-hybridized carbons (Fsp3) is 0.333. The van der Waals surface area contributed by atoms with Crippen LogP contribution in [0.3, 0.4) is 0 Å². The average molecular weight is 275 g/mol. The molecule has 0 saturated heterocycles. The maximum atomic E-state index is 12.2. The zero-order valence-electron chi connectivity index (χ0n) is 11.8. The van der Waals surface area contributed by atoms with E-state index in [2.05, 4.69) is 16.6 Å². The Morgan fingerprint density at radius 2 is 2.05 bits per heavy atom. The van der Waals surface area contributed by atoms with Gasteiger partial charge >= 0.3 is 5.97 Å². The van der Waals surface area contributed by atoms with Gasteiger partial charge in [0.25, 0.3) is 5.91 Å². The number of nitrogens with zero attached hydrogens (tertiary/aromatic N) is 1. The maximum absolute atomic E-state index is 12.2. The lowest BCUT2D eigenvalue weighted by molar-refractivity contribution is -0.141. The molecule has 0 aliphatic heterocycles. The highest BCUT2D eigenvalue weighted by molar-refractivity contribution is 5.96. The van der Waals surface area contributed by atoms with Crippen molar-refractivity contribution in [2.24, 2.45) is 0 Å². The van der Waals surface area contributed by atoms with Crippen molar-refractivity contribution in [1.29, 1.82) is 0 Å². The SMILES string of the molecule is COC(=O)CN(C)C(=O)c1cc(C)cc(C#CCO)c1. The second kappa shape index (κ2) is 7.31. The molecule has 0 unspecified atom stereocenters. The van der Waals surface area contributed by atoms with Gasteiger partial charge in [-0.1, -0.05) is 11.8 Å². The normalized spacial score (nSPS) is 9.40. The number of hydrogen-bond acceptors (Lipinski definition) is 4. The van der Waals surface area contributed by atoms with Crippen LogP contribution in [0.2, 0.25) is 0 Å². The number of amides is 1. The van der Waals surface area contributed by atoms with E-state index >= 15 is 0 Å². The van der Waals surface area contributed by atoms with Crippen molar-refractivity contribution in [3.8, 4) is 11.8 Å². The van der Waals surface area contributed by atoms with Crippen LogP contribution in [0.5, 0.6) is 0 Å². The second-order valence-corrected chi connectivity index (χ2v) is 4.28. The van der Waals surface area contributed by atoms with Crippen LogP contribution in [0, 0.1) is 18.8 Å². The number of hydrogen-bond donors (Lipinski definition) is 1. The van der Waals surface area contributed by atoms with E-state index in [0.717, 1.165) is 5.56 Å². The van der Waals surface area contributed by atoms with Gasteiger partial charge in [0.05, 0.1) is 7.11 Å². The summed E-state index contributed by atoms with van der Waals surface area (Å²) in [5, 5.41) is 8.69. The van der Waals surface area contributed by atoms with E-state index in [1.165, 1.54) is 19.1 Å². The first kappa shape index (κ1) is 15.7. The van der Waals surface area contributed by atoms with Crippen molar-refractivity contribution in [2.45, 2.75) is 6.92 Å². The topological polar surface area (TPSA) is 66.8 Å². The van der Waals surface area contributed by atoms with Gasteiger partial charge in [-0.15, -0.1) is 0 Å². The van der Waals surface area contributed by atoms with Crippen LogP contribution in [-0.2, 0) is 9.53 Å². The van der Waals surface area contributed by atoms with Crippen molar-refractivity contribution in [1.82, 2.24) is 4.90 Å². The molecule has 1 aromatic rings. The highest BCUT2D eigenvalue weighted by atomic mass is 16.5. The molecule has 1 aromatic carbocycles. The van der Waals surface area contributed by atoms with Gasteiger partial charge in [-0.25, -0.2) is 0 Å². The van der Waals surface area contributed by atoms with Gasteiger partial charge in [0, 0.05) is 18.2 Å². The number of carbonyl (C=O) groups is 2. The molecule has 0 aromatic heterocycles. The number of benzene rings is 1. The van der Waals surface area contributed by atoms with Crippen molar-refractivity contribution in [3.63, 3.8) is 0 Å². The Balaban J connectivity index is 2.97. The molecule has 5 nitrogen and oxygen atoms in total. The van der Waals surface area contributed by atoms with Crippen LogP contribution in [-0.4, -0.2) is 49.2 Å². The first-order valence-corrected chi connectivity index (χ1v) is 6.01. The van der Waals surface area contributed by atoms with Crippen molar-refractivity contribution < 1.29 is 19.4 Å². The summed E-state index contributed by atoms with van der Waals surface area (Å²) < 4.78 is 4.52. The molecule has 20 heavy (non-hydrogen) atoms. The molecule has 1 rings (SSSR count). The first-order valence-electron chi connectivity index (χ1n) is 6.01. The van der Waals surface area contributed by atoms with E-state index in [9.17, 15) is 9.59 Å². The molecule has 0 aliphatic carbocycles. The summed E-state index contributed by atoms with van der Waals surface area (Å²) >= 11 is 0. The molecule has 0 atom stereocenters. The highest BCUT2D eigenvalue weighted by Crippen LogP contribution is 2.11. The Hall–Kier alpha value is -2.32. The molecule has 5 heteroatoms. The molecule has 0 radical (unpaired) electrons. The summed E-state index contributed by atoms with van der Waals surface area (Å²) in [4.78, 5) is 24.6. The third-order valence-corrected chi connectivity index (χ3v) is 2.58. The van der Waals surface area contributed by atoms with Crippen molar-refractivity contribution in [3.05, 3.63) is 34.9 Å². The maximum Gasteiger partial charge on any atom is 0.325 e. The molecule has 0 fully saturated rings. The van der Waals surface area contributed by atoms with Crippen molar-refractivity contribution >= 4 is 11.9 Å². The standard InChI is InChI=1S/C15H17NO4/c1-11-7-12(5-4-6-17)9-13(8-11)15(19)16(2)10-14(18)20-3/h7-9,17H,6,10H2,1-3H3. The number of ether oxygens (including phenoxy) is 1. The quantitative estimate of drug-likeness (QED) is 0.647. The molecule has 1 amide bonds. The van der Waals surface area contributed by atoms with Gasteiger partial charge in [0.2, 0.25) is 0 Å². The van der Waals surface area contributed by atoms with Crippen LogP contribution in [0.25, 0.3) is 0 Å². The minimum Gasteiger partial charge on any atom is -0.468 e. The summed E-state index contributed by atoms with van der Waals surface area (Å²) in [7, 11) is 2.80. The van der Waals surface area contributed by atoms with Crippen LogP contribution >= 0.6 is 0 Å². The Morgan fingerprint density at radius 1 is 1.35 bits per heavy atom. The summed E-state index contributed by atoms with van der Waals surface area (Å²) in [6, 6.07) is 5.17. The number of rotatable bonds is 3. The lowest BCUT2D eigenvalue weighted by Gasteiger charge is -2.16. The average Bonchev–Trinajstić information content (AvgIpc) is 2.43. The number of likely N-dealkylation sites (N-methyl/N-ethyl adjacent to an activating group) is 1. The lowest BCUT2D eigenvalue weighted by Crippen LogP contribution is -2.32. The first-order chi connectivity index (χ1) is 9.47. The van der Waals surface area contributed by atoms with Gasteiger partial charge in [-0.3, -0.25) is 9.59 Å². The summed E-state index contributed by atoms with van der Waals surface area (Å²) in [6.07, 6.45) is 0. The van der Waals surface area contributed by atoms with Gasteiger partial charge in [-0.05, 0) is 30.7 Å². The number of aliphatic hydroxyl groups is 1. The predicted molar refractivity (Wildman–Crippen MR) is 74.1 cm³/mol. The Morgan fingerprint density at radius 3 is 2.65 bits per heavy atom. The molecule has 0 saturated carbocycles.